The zero-order valence-corrected chi connectivity index (χ0v) is 20.8. The van der Waals surface area contributed by atoms with E-state index in [9.17, 15) is 0 Å². The van der Waals surface area contributed by atoms with Crippen molar-refractivity contribution in [3.63, 3.8) is 0 Å². The maximum absolute atomic E-state index is 4.33. The summed E-state index contributed by atoms with van der Waals surface area (Å²) in [6.07, 6.45) is 7.44. The van der Waals surface area contributed by atoms with Crippen molar-refractivity contribution in [2.24, 2.45) is 0 Å². The first-order valence-corrected chi connectivity index (χ1v) is 12.8. The van der Waals surface area contributed by atoms with Gasteiger partial charge in [0.2, 0.25) is 0 Å². The molecule has 0 aliphatic carbocycles. The van der Waals surface area contributed by atoms with Crippen molar-refractivity contribution in [3.05, 3.63) is 146 Å². The van der Waals surface area contributed by atoms with Crippen molar-refractivity contribution < 1.29 is 0 Å². The summed E-state index contributed by atoms with van der Waals surface area (Å²) in [5.74, 6) is 0. The van der Waals surface area contributed by atoms with E-state index in [2.05, 4.69) is 125 Å². The van der Waals surface area contributed by atoms with Gasteiger partial charge in [0, 0.05) is 30.4 Å². The van der Waals surface area contributed by atoms with E-state index in [0.717, 1.165) is 11.1 Å². The van der Waals surface area contributed by atoms with E-state index >= 15 is 0 Å². The fraction of sp³-hybridized carbons (Fsp3) is 0. The molecule has 38 heavy (non-hydrogen) atoms. The Morgan fingerprint density at radius 1 is 0.316 bits per heavy atom. The maximum atomic E-state index is 4.33. The number of pyridine rings is 2. The van der Waals surface area contributed by atoms with Gasteiger partial charge in [0.05, 0.1) is 0 Å². The summed E-state index contributed by atoms with van der Waals surface area (Å²) in [5.41, 5.74) is 9.57. The standard InChI is InChI=1S/C36H24N2/c1-3-15-33-31(13-1)35(28-10-5-8-26(22-28)25-17-20-37-21-18-25)32-14-2-4-16-34(32)36(33)29-11-6-9-27(23-29)30-12-7-19-38-24-30/h1-24H. The minimum Gasteiger partial charge on any atom is -0.265 e. The highest BCUT2D eigenvalue weighted by Crippen LogP contribution is 2.44. The highest BCUT2D eigenvalue weighted by Gasteiger charge is 2.17. The molecule has 2 aromatic heterocycles. The lowest BCUT2D eigenvalue weighted by Gasteiger charge is -2.18. The summed E-state index contributed by atoms with van der Waals surface area (Å²) in [4.78, 5) is 8.53. The maximum Gasteiger partial charge on any atom is 0.0346 e. The lowest BCUT2D eigenvalue weighted by molar-refractivity contribution is 1.33. The van der Waals surface area contributed by atoms with Crippen LogP contribution in [0.25, 0.3) is 66.1 Å². The molecular formula is C36H24N2. The van der Waals surface area contributed by atoms with Crippen molar-refractivity contribution in [1.82, 2.24) is 9.97 Å². The number of nitrogens with zero attached hydrogens (tertiary/aromatic N) is 2. The Morgan fingerprint density at radius 2 is 0.789 bits per heavy atom. The molecule has 2 heterocycles. The number of hydrogen-bond donors (Lipinski definition) is 0. The lowest BCUT2D eigenvalue weighted by atomic mass is 9.85. The second kappa shape index (κ2) is 9.42. The van der Waals surface area contributed by atoms with Crippen LogP contribution in [0, 0.1) is 0 Å². The minimum atomic E-state index is 1.12. The molecule has 0 radical (unpaired) electrons. The lowest BCUT2D eigenvalue weighted by Crippen LogP contribution is -1.91. The number of benzene rings is 5. The van der Waals surface area contributed by atoms with E-state index in [1.807, 2.05) is 30.9 Å². The molecule has 178 valence electrons. The summed E-state index contributed by atoms with van der Waals surface area (Å²) in [5, 5.41) is 5.00. The zero-order valence-electron chi connectivity index (χ0n) is 20.8. The average molecular weight is 485 g/mol. The first-order chi connectivity index (χ1) is 18.9. The van der Waals surface area contributed by atoms with Crippen LogP contribution in [-0.2, 0) is 0 Å². The van der Waals surface area contributed by atoms with Crippen LogP contribution in [0.2, 0.25) is 0 Å². The summed E-state index contributed by atoms with van der Waals surface area (Å²) < 4.78 is 0. The van der Waals surface area contributed by atoms with Gasteiger partial charge >= 0.3 is 0 Å². The summed E-state index contributed by atoms with van der Waals surface area (Å²) in [6.45, 7) is 0. The molecule has 0 bridgehead atoms. The number of aromatic nitrogens is 2. The summed E-state index contributed by atoms with van der Waals surface area (Å²) >= 11 is 0. The fourth-order valence-electron chi connectivity index (χ4n) is 5.54. The predicted molar refractivity (Wildman–Crippen MR) is 159 cm³/mol. The van der Waals surface area contributed by atoms with Gasteiger partial charge in [-0.1, -0.05) is 91.0 Å². The Hall–Kier alpha value is -5.08. The van der Waals surface area contributed by atoms with Crippen LogP contribution in [-0.4, -0.2) is 9.97 Å². The van der Waals surface area contributed by atoms with E-state index in [1.165, 1.54) is 54.9 Å². The second-order valence-corrected chi connectivity index (χ2v) is 9.48. The van der Waals surface area contributed by atoms with Crippen molar-refractivity contribution in [3.8, 4) is 44.5 Å². The van der Waals surface area contributed by atoms with Crippen molar-refractivity contribution in [1.29, 1.82) is 0 Å². The van der Waals surface area contributed by atoms with Crippen LogP contribution in [0.3, 0.4) is 0 Å². The van der Waals surface area contributed by atoms with Gasteiger partial charge in [0.1, 0.15) is 0 Å². The molecule has 2 nitrogen and oxygen atoms in total. The molecule has 0 amide bonds. The Labute approximate surface area is 221 Å². The molecule has 2 heteroatoms. The highest BCUT2D eigenvalue weighted by atomic mass is 14.6. The van der Waals surface area contributed by atoms with Crippen LogP contribution in [0.5, 0.6) is 0 Å². The van der Waals surface area contributed by atoms with E-state index in [-0.39, 0.29) is 0 Å². The fourth-order valence-corrected chi connectivity index (χ4v) is 5.54. The van der Waals surface area contributed by atoms with E-state index in [4.69, 9.17) is 0 Å². The van der Waals surface area contributed by atoms with E-state index < -0.39 is 0 Å². The third-order valence-electron chi connectivity index (χ3n) is 7.24. The third-order valence-corrected chi connectivity index (χ3v) is 7.24. The van der Waals surface area contributed by atoms with E-state index in [1.54, 1.807) is 0 Å². The molecule has 0 N–H and O–H groups in total. The van der Waals surface area contributed by atoms with Gasteiger partial charge in [-0.25, -0.2) is 0 Å². The van der Waals surface area contributed by atoms with Gasteiger partial charge in [0.15, 0.2) is 0 Å². The molecule has 0 aliphatic heterocycles. The Morgan fingerprint density at radius 3 is 1.29 bits per heavy atom. The molecule has 0 saturated heterocycles. The third kappa shape index (κ3) is 3.84. The van der Waals surface area contributed by atoms with Gasteiger partial charge in [-0.15, -0.1) is 0 Å². The molecule has 0 atom stereocenters. The Balaban J connectivity index is 1.51. The normalized spacial score (nSPS) is 11.2. The first kappa shape index (κ1) is 22.1. The van der Waals surface area contributed by atoms with Crippen LogP contribution < -0.4 is 0 Å². The highest BCUT2D eigenvalue weighted by molar-refractivity contribution is 6.21. The van der Waals surface area contributed by atoms with Gasteiger partial charge in [0.25, 0.3) is 0 Å². The smallest absolute Gasteiger partial charge is 0.0346 e. The van der Waals surface area contributed by atoms with Crippen molar-refractivity contribution in [2.75, 3.05) is 0 Å². The minimum absolute atomic E-state index is 1.12. The largest absolute Gasteiger partial charge is 0.265 e. The molecule has 0 spiro atoms. The monoisotopic (exact) mass is 484 g/mol. The van der Waals surface area contributed by atoms with Crippen molar-refractivity contribution >= 4 is 21.5 Å². The van der Waals surface area contributed by atoms with Crippen molar-refractivity contribution in [2.45, 2.75) is 0 Å². The molecule has 7 aromatic rings. The predicted octanol–water partition coefficient (Wildman–Crippen LogP) is 9.45. The molecule has 5 aromatic carbocycles. The molecular weight excluding hydrogens is 460 g/mol. The quantitative estimate of drug-likeness (QED) is 0.233. The molecule has 7 rings (SSSR count). The van der Waals surface area contributed by atoms with Crippen LogP contribution in [0.1, 0.15) is 0 Å². The van der Waals surface area contributed by atoms with Crippen LogP contribution >= 0.6 is 0 Å². The van der Waals surface area contributed by atoms with Gasteiger partial charge in [-0.05, 0) is 90.8 Å². The van der Waals surface area contributed by atoms with Crippen LogP contribution in [0.4, 0.5) is 0 Å². The zero-order chi connectivity index (χ0) is 25.3. The molecule has 0 unspecified atom stereocenters. The van der Waals surface area contributed by atoms with Crippen LogP contribution in [0.15, 0.2) is 146 Å². The second-order valence-electron chi connectivity index (χ2n) is 9.48. The summed E-state index contributed by atoms with van der Waals surface area (Å²) in [6, 6.07) is 43.5. The first-order valence-electron chi connectivity index (χ1n) is 12.8. The number of rotatable bonds is 4. The Bertz CT molecular complexity index is 1710. The number of fused-ring (bicyclic) bond motifs is 2. The molecule has 0 saturated carbocycles. The number of hydrogen-bond acceptors (Lipinski definition) is 2. The SMILES string of the molecule is c1cncc(-c2cccc(-c3c4ccccc4c(-c4cccc(-c5ccncc5)c4)c4ccccc34)c2)c1. The van der Waals surface area contributed by atoms with Gasteiger partial charge in [-0.2, -0.15) is 0 Å². The van der Waals surface area contributed by atoms with Gasteiger partial charge < -0.3 is 0 Å². The topological polar surface area (TPSA) is 25.8 Å². The van der Waals surface area contributed by atoms with E-state index in [0.29, 0.717) is 0 Å². The Kier molecular flexibility index (Phi) is 5.49. The molecule has 0 fully saturated rings. The molecule has 0 aliphatic rings. The average Bonchev–Trinajstić information content (AvgIpc) is 3.01. The van der Waals surface area contributed by atoms with Gasteiger partial charge in [-0.3, -0.25) is 9.97 Å². The summed E-state index contributed by atoms with van der Waals surface area (Å²) in [7, 11) is 0.